The van der Waals surface area contributed by atoms with Crippen LogP contribution in [0.3, 0.4) is 0 Å². The molecule has 1 amide bonds. The van der Waals surface area contributed by atoms with Crippen LogP contribution in [0.4, 0.5) is 4.79 Å². The van der Waals surface area contributed by atoms with Gasteiger partial charge in [0.05, 0.1) is 7.11 Å². The van der Waals surface area contributed by atoms with Crippen molar-refractivity contribution in [2.24, 2.45) is 0 Å². The van der Waals surface area contributed by atoms with Crippen LogP contribution in [0.1, 0.15) is 0 Å². The Labute approximate surface area is 79.3 Å². The molecular formula is C6H9N3O3S. The maximum atomic E-state index is 11.0. The maximum absolute atomic E-state index is 11.0. The highest BCUT2D eigenvalue weighted by Crippen LogP contribution is 2.17. The molecule has 0 unspecified atom stereocenters. The van der Waals surface area contributed by atoms with Gasteiger partial charge in [0.15, 0.2) is 0 Å². The number of rotatable bonds is 2. The van der Waals surface area contributed by atoms with Gasteiger partial charge in [-0.25, -0.2) is 4.79 Å². The Morgan fingerprint density at radius 3 is 2.69 bits per heavy atom. The summed E-state index contributed by atoms with van der Waals surface area (Å²) in [5.41, 5.74) is 0. The van der Waals surface area contributed by atoms with Crippen molar-refractivity contribution in [3.8, 4) is 11.2 Å². The third-order valence-corrected chi connectivity index (χ3v) is 1.77. The zero-order chi connectivity index (χ0) is 9.84. The summed E-state index contributed by atoms with van der Waals surface area (Å²) in [6, 6.07) is 0.0144. The SMILES string of the molecule is COc1nc(OC(=O)N(C)C)ns1. The molecule has 0 bridgehead atoms. The van der Waals surface area contributed by atoms with Gasteiger partial charge in [-0.2, -0.15) is 0 Å². The Morgan fingerprint density at radius 1 is 1.54 bits per heavy atom. The number of hydrogen-bond donors (Lipinski definition) is 0. The highest BCUT2D eigenvalue weighted by Gasteiger charge is 2.11. The van der Waals surface area contributed by atoms with Gasteiger partial charge >= 0.3 is 12.1 Å². The largest absolute Gasteiger partial charge is 0.472 e. The molecule has 0 radical (unpaired) electrons. The molecule has 0 aliphatic heterocycles. The van der Waals surface area contributed by atoms with Gasteiger partial charge in [-0.15, -0.1) is 9.36 Å². The highest BCUT2D eigenvalue weighted by molar-refractivity contribution is 7.07. The van der Waals surface area contributed by atoms with Crippen molar-refractivity contribution in [2.45, 2.75) is 0 Å². The van der Waals surface area contributed by atoms with Crippen molar-refractivity contribution in [2.75, 3.05) is 21.2 Å². The minimum atomic E-state index is -0.513. The molecule has 0 atom stereocenters. The van der Waals surface area contributed by atoms with E-state index in [1.54, 1.807) is 14.1 Å². The number of aromatic nitrogens is 2. The van der Waals surface area contributed by atoms with Gasteiger partial charge in [0, 0.05) is 25.6 Å². The van der Waals surface area contributed by atoms with Crippen LogP contribution in [0.5, 0.6) is 11.2 Å². The van der Waals surface area contributed by atoms with Crippen LogP contribution in [0, 0.1) is 0 Å². The summed E-state index contributed by atoms with van der Waals surface area (Å²) >= 11 is 1.02. The first-order chi connectivity index (χ1) is 6.13. The minimum absolute atomic E-state index is 0.0144. The summed E-state index contributed by atoms with van der Waals surface area (Å²) in [5, 5.41) is 0.363. The Morgan fingerprint density at radius 2 is 2.23 bits per heavy atom. The van der Waals surface area contributed by atoms with Gasteiger partial charge in [0.2, 0.25) is 0 Å². The van der Waals surface area contributed by atoms with Crippen molar-refractivity contribution in [1.82, 2.24) is 14.3 Å². The molecule has 1 heterocycles. The number of hydrogen-bond acceptors (Lipinski definition) is 6. The molecule has 0 spiro atoms. The number of carbonyl (C=O) groups excluding carboxylic acids is 1. The molecule has 6 nitrogen and oxygen atoms in total. The molecule has 0 saturated heterocycles. The predicted octanol–water partition coefficient (Wildman–Crippen LogP) is 0.607. The second kappa shape index (κ2) is 4.04. The van der Waals surface area contributed by atoms with Gasteiger partial charge in [0.25, 0.3) is 5.19 Å². The summed E-state index contributed by atoms with van der Waals surface area (Å²) in [6.45, 7) is 0. The normalized spacial score (nSPS) is 9.46. The summed E-state index contributed by atoms with van der Waals surface area (Å²) in [6.07, 6.45) is -0.513. The second-order valence-electron chi connectivity index (χ2n) is 2.31. The van der Waals surface area contributed by atoms with Crippen LogP contribution in [-0.2, 0) is 0 Å². The first-order valence-electron chi connectivity index (χ1n) is 3.40. The molecule has 1 aromatic heterocycles. The minimum Gasteiger partial charge on any atom is -0.472 e. The molecule has 0 N–H and O–H groups in total. The van der Waals surface area contributed by atoms with E-state index in [4.69, 9.17) is 9.47 Å². The molecule has 72 valence electrons. The van der Waals surface area contributed by atoms with Crippen LogP contribution in [0.15, 0.2) is 0 Å². The number of nitrogens with zero attached hydrogens (tertiary/aromatic N) is 3. The van der Waals surface area contributed by atoms with E-state index in [1.807, 2.05) is 0 Å². The number of carbonyl (C=O) groups is 1. The summed E-state index contributed by atoms with van der Waals surface area (Å²) in [7, 11) is 4.62. The first-order valence-corrected chi connectivity index (χ1v) is 4.17. The van der Waals surface area contributed by atoms with Gasteiger partial charge in [-0.3, -0.25) is 0 Å². The van der Waals surface area contributed by atoms with Crippen molar-refractivity contribution in [3.05, 3.63) is 0 Å². The van der Waals surface area contributed by atoms with E-state index < -0.39 is 6.09 Å². The van der Waals surface area contributed by atoms with Gasteiger partial charge in [-0.05, 0) is 0 Å². The maximum Gasteiger partial charge on any atom is 0.417 e. The van der Waals surface area contributed by atoms with Crippen LogP contribution in [-0.4, -0.2) is 41.6 Å². The molecular weight excluding hydrogens is 194 g/mol. The zero-order valence-electron chi connectivity index (χ0n) is 7.47. The molecule has 0 aliphatic carbocycles. The van der Waals surface area contributed by atoms with E-state index >= 15 is 0 Å². The monoisotopic (exact) mass is 203 g/mol. The van der Waals surface area contributed by atoms with Gasteiger partial charge < -0.3 is 14.4 Å². The summed E-state index contributed by atoms with van der Waals surface area (Å²) in [5.74, 6) is 0. The van der Waals surface area contributed by atoms with Gasteiger partial charge in [0.1, 0.15) is 0 Å². The van der Waals surface area contributed by atoms with E-state index in [-0.39, 0.29) is 6.01 Å². The average Bonchev–Trinajstić information content (AvgIpc) is 2.52. The van der Waals surface area contributed by atoms with Crippen LogP contribution in [0.2, 0.25) is 0 Å². The van der Waals surface area contributed by atoms with E-state index in [0.717, 1.165) is 11.5 Å². The van der Waals surface area contributed by atoms with Crippen molar-refractivity contribution >= 4 is 17.6 Å². The zero-order valence-corrected chi connectivity index (χ0v) is 8.29. The summed E-state index contributed by atoms with van der Waals surface area (Å²) < 4.78 is 13.3. The van der Waals surface area contributed by atoms with Gasteiger partial charge in [-0.1, -0.05) is 0 Å². The lowest BCUT2D eigenvalue weighted by atomic mass is 10.9. The third-order valence-electron chi connectivity index (χ3n) is 1.11. The van der Waals surface area contributed by atoms with E-state index in [1.165, 1.54) is 12.0 Å². The topological polar surface area (TPSA) is 64.6 Å². The average molecular weight is 203 g/mol. The molecule has 13 heavy (non-hydrogen) atoms. The Hall–Kier alpha value is -1.37. The fourth-order valence-electron chi connectivity index (χ4n) is 0.491. The van der Waals surface area contributed by atoms with E-state index in [2.05, 4.69) is 9.36 Å². The first kappa shape index (κ1) is 9.72. The Bertz CT molecular complexity index is 299. The standard InChI is InChI=1S/C6H9N3O3S/c1-9(2)6(10)12-4-7-5(11-3)13-8-4/h1-3H3. The number of ether oxygens (including phenoxy) is 2. The van der Waals surface area contributed by atoms with Crippen molar-refractivity contribution in [3.63, 3.8) is 0 Å². The van der Waals surface area contributed by atoms with Crippen LogP contribution >= 0.6 is 11.5 Å². The van der Waals surface area contributed by atoms with Crippen molar-refractivity contribution < 1.29 is 14.3 Å². The lowest BCUT2D eigenvalue weighted by Crippen LogP contribution is -2.25. The Kier molecular flexibility index (Phi) is 3.02. The number of amides is 1. The number of methoxy groups -OCH3 is 1. The quantitative estimate of drug-likeness (QED) is 0.704. The van der Waals surface area contributed by atoms with E-state index in [9.17, 15) is 4.79 Å². The Balaban J connectivity index is 2.59. The smallest absolute Gasteiger partial charge is 0.417 e. The highest BCUT2D eigenvalue weighted by atomic mass is 32.1. The molecule has 0 aromatic carbocycles. The lowest BCUT2D eigenvalue weighted by Gasteiger charge is -2.06. The second-order valence-corrected chi connectivity index (χ2v) is 3.02. The third kappa shape index (κ3) is 2.55. The molecule has 0 fully saturated rings. The van der Waals surface area contributed by atoms with Crippen LogP contribution < -0.4 is 9.47 Å². The molecule has 7 heteroatoms. The fourth-order valence-corrected chi connectivity index (χ4v) is 0.918. The lowest BCUT2D eigenvalue weighted by molar-refractivity contribution is 0.168. The van der Waals surface area contributed by atoms with Crippen molar-refractivity contribution in [1.29, 1.82) is 0 Å². The van der Waals surface area contributed by atoms with Crippen LogP contribution in [0.25, 0.3) is 0 Å². The predicted molar refractivity (Wildman–Crippen MR) is 46.2 cm³/mol. The molecule has 0 aliphatic rings. The molecule has 1 aromatic rings. The summed E-state index contributed by atoms with van der Waals surface area (Å²) in [4.78, 5) is 16.0. The van der Waals surface area contributed by atoms with E-state index in [0.29, 0.717) is 5.19 Å². The molecule has 0 saturated carbocycles. The molecule has 1 rings (SSSR count). The fraction of sp³-hybridized carbons (Fsp3) is 0.500.